The van der Waals surface area contributed by atoms with Gasteiger partial charge in [0.15, 0.2) is 5.17 Å². The zero-order chi connectivity index (χ0) is 20.1. The Labute approximate surface area is 165 Å². The van der Waals surface area contributed by atoms with Gasteiger partial charge in [0.1, 0.15) is 5.75 Å². The fourth-order valence-corrected chi connectivity index (χ4v) is 3.25. The molecule has 2 aromatic carbocycles. The number of benzene rings is 2. The predicted octanol–water partition coefficient (Wildman–Crippen LogP) is 2.52. The first-order valence-electron chi connectivity index (χ1n) is 8.50. The van der Waals surface area contributed by atoms with Gasteiger partial charge in [-0.3, -0.25) is 19.3 Å². The Hall–Kier alpha value is -3.33. The first kappa shape index (κ1) is 19.4. The first-order valence-corrected chi connectivity index (χ1v) is 9.49. The maximum Gasteiger partial charge on any atom is 0.271 e. The van der Waals surface area contributed by atoms with Crippen LogP contribution >= 0.6 is 11.8 Å². The monoisotopic (exact) mass is 398 g/mol. The lowest BCUT2D eigenvalue weighted by molar-refractivity contribution is -0.116. The summed E-state index contributed by atoms with van der Waals surface area (Å²) in [6.45, 7) is 1.76. The molecule has 0 unspecified atom stereocenters. The first-order chi connectivity index (χ1) is 13.5. The molecule has 1 aliphatic heterocycles. The summed E-state index contributed by atoms with van der Waals surface area (Å²) >= 11 is 1.21. The van der Waals surface area contributed by atoms with Crippen LogP contribution in [0.1, 0.15) is 23.7 Å². The highest BCUT2D eigenvalue weighted by molar-refractivity contribution is 8.15. The molecule has 1 saturated heterocycles. The van der Waals surface area contributed by atoms with Crippen LogP contribution in [-0.4, -0.2) is 33.7 Å². The maximum atomic E-state index is 12.3. The molecule has 1 heterocycles. The van der Waals surface area contributed by atoms with E-state index in [1.54, 1.807) is 31.2 Å². The Morgan fingerprint density at radius 3 is 2.46 bits per heavy atom. The lowest BCUT2D eigenvalue weighted by Crippen LogP contribution is -2.31. The number of hydrazone groups is 1. The Morgan fingerprint density at radius 1 is 1.14 bits per heavy atom. The van der Waals surface area contributed by atoms with Gasteiger partial charge in [0.05, 0.1) is 11.4 Å². The van der Waals surface area contributed by atoms with E-state index in [9.17, 15) is 19.5 Å². The Bertz CT molecular complexity index is 926. The number of hydrogen-bond acceptors (Lipinski definition) is 6. The Balaban J connectivity index is 1.73. The third-order valence-electron chi connectivity index (χ3n) is 3.88. The molecule has 3 rings (SSSR count). The number of amidine groups is 1. The van der Waals surface area contributed by atoms with Crippen LogP contribution in [0.5, 0.6) is 5.75 Å². The van der Waals surface area contributed by atoms with Crippen molar-refractivity contribution in [3.63, 3.8) is 0 Å². The number of thioether (sulfide) groups is 1. The molecule has 0 radical (unpaired) electrons. The summed E-state index contributed by atoms with van der Waals surface area (Å²) < 4.78 is 0. The van der Waals surface area contributed by atoms with Crippen molar-refractivity contribution in [3.8, 4) is 5.75 Å². The molecule has 0 bridgehead atoms. The third-order valence-corrected chi connectivity index (χ3v) is 4.80. The van der Waals surface area contributed by atoms with E-state index in [-0.39, 0.29) is 23.3 Å². The third kappa shape index (κ3) is 4.49. The zero-order valence-electron chi connectivity index (χ0n) is 15.0. The molecular formula is C19H18N4O4S. The minimum Gasteiger partial charge on any atom is -0.508 e. The van der Waals surface area contributed by atoms with Crippen LogP contribution in [0.4, 0.5) is 11.4 Å². The van der Waals surface area contributed by atoms with Crippen molar-refractivity contribution in [1.29, 1.82) is 0 Å². The highest BCUT2D eigenvalue weighted by Crippen LogP contribution is 2.27. The van der Waals surface area contributed by atoms with Gasteiger partial charge >= 0.3 is 0 Å². The van der Waals surface area contributed by atoms with Crippen LogP contribution in [0.2, 0.25) is 0 Å². The fraction of sp³-hybridized carbons (Fsp3) is 0.158. The summed E-state index contributed by atoms with van der Waals surface area (Å²) in [5.41, 5.74) is 3.97. The number of nitrogens with zero attached hydrogens (tertiary/aromatic N) is 2. The van der Waals surface area contributed by atoms with Crippen molar-refractivity contribution in [2.45, 2.75) is 13.3 Å². The molecule has 8 nitrogen and oxygen atoms in total. The molecule has 2 aromatic rings. The molecule has 1 fully saturated rings. The van der Waals surface area contributed by atoms with E-state index >= 15 is 0 Å². The van der Waals surface area contributed by atoms with Crippen LogP contribution in [0.15, 0.2) is 53.6 Å². The maximum absolute atomic E-state index is 12.3. The fourth-order valence-electron chi connectivity index (χ4n) is 2.42. The average molecular weight is 398 g/mol. The molecule has 0 saturated carbocycles. The Kier molecular flexibility index (Phi) is 5.95. The second-order valence-electron chi connectivity index (χ2n) is 5.85. The van der Waals surface area contributed by atoms with Crippen LogP contribution in [0, 0.1) is 0 Å². The molecule has 3 amide bonds. The molecule has 28 heavy (non-hydrogen) atoms. The van der Waals surface area contributed by atoms with Gasteiger partial charge in [-0.25, -0.2) is 5.43 Å². The molecule has 0 aromatic heterocycles. The van der Waals surface area contributed by atoms with Crippen molar-refractivity contribution < 1.29 is 19.5 Å². The molecule has 0 atom stereocenters. The number of carbonyl (C=O) groups excluding carboxylic acids is 3. The predicted molar refractivity (Wildman–Crippen MR) is 108 cm³/mol. The topological polar surface area (TPSA) is 111 Å². The number of rotatable bonds is 5. The summed E-state index contributed by atoms with van der Waals surface area (Å²) in [6.07, 6.45) is 0.376. The van der Waals surface area contributed by atoms with E-state index in [2.05, 4.69) is 15.8 Å². The van der Waals surface area contributed by atoms with E-state index in [0.29, 0.717) is 28.5 Å². The molecule has 0 aliphatic carbocycles. The minimum absolute atomic E-state index is 0.0598. The van der Waals surface area contributed by atoms with E-state index in [4.69, 9.17) is 0 Å². The second kappa shape index (κ2) is 8.57. The van der Waals surface area contributed by atoms with E-state index in [1.807, 2.05) is 0 Å². The largest absolute Gasteiger partial charge is 0.508 e. The van der Waals surface area contributed by atoms with E-state index < -0.39 is 5.91 Å². The second-order valence-corrected chi connectivity index (χ2v) is 6.79. The van der Waals surface area contributed by atoms with Crippen molar-refractivity contribution >= 4 is 46.0 Å². The number of phenolic OH excluding ortho intramolecular Hbond substituents is 1. The lowest BCUT2D eigenvalue weighted by atomic mass is 10.2. The minimum atomic E-state index is -0.454. The molecule has 9 heteroatoms. The van der Waals surface area contributed by atoms with Gasteiger partial charge in [0.25, 0.3) is 5.91 Å². The summed E-state index contributed by atoms with van der Waals surface area (Å²) in [7, 11) is 0. The van der Waals surface area contributed by atoms with Gasteiger partial charge in [-0.15, -0.1) is 5.10 Å². The van der Waals surface area contributed by atoms with Crippen LogP contribution < -0.4 is 15.6 Å². The number of aromatic hydroxyl groups is 1. The highest BCUT2D eigenvalue weighted by atomic mass is 32.2. The highest BCUT2D eigenvalue weighted by Gasteiger charge is 2.30. The number of anilines is 2. The number of carbonyl (C=O) groups is 3. The standard InChI is InChI=1S/C19H18N4O4S/c1-2-16(25)20-13-5-7-14(8-6-13)23-17(26)11-28-19(23)22-21-18(27)12-3-9-15(24)10-4-12/h3-10,24H,2,11H2,1H3,(H,20,25)(H,21,27). The van der Waals surface area contributed by atoms with Crippen LogP contribution in [0.25, 0.3) is 0 Å². The SMILES string of the molecule is CCC(=O)Nc1ccc(N2C(=O)CSC2=NNC(=O)c2ccc(O)cc2)cc1. The zero-order valence-corrected chi connectivity index (χ0v) is 15.8. The number of hydrogen-bond donors (Lipinski definition) is 3. The van der Waals surface area contributed by atoms with Gasteiger partial charge in [0.2, 0.25) is 11.8 Å². The molecule has 1 aliphatic rings. The normalized spacial score (nSPS) is 15.0. The Morgan fingerprint density at radius 2 is 1.82 bits per heavy atom. The summed E-state index contributed by atoms with van der Waals surface area (Å²) in [5.74, 6) is -0.440. The van der Waals surface area contributed by atoms with Gasteiger partial charge in [-0.1, -0.05) is 18.7 Å². The van der Waals surface area contributed by atoms with Crippen molar-refractivity contribution in [3.05, 3.63) is 54.1 Å². The van der Waals surface area contributed by atoms with Gasteiger partial charge in [-0.2, -0.15) is 0 Å². The number of amides is 3. The number of nitrogens with one attached hydrogen (secondary N) is 2. The summed E-state index contributed by atoms with van der Waals surface area (Å²) in [4.78, 5) is 37.3. The number of phenols is 1. The molecule has 0 spiro atoms. The van der Waals surface area contributed by atoms with E-state index in [0.717, 1.165) is 0 Å². The van der Waals surface area contributed by atoms with Gasteiger partial charge in [-0.05, 0) is 48.5 Å². The van der Waals surface area contributed by atoms with Gasteiger partial charge < -0.3 is 10.4 Å². The van der Waals surface area contributed by atoms with Crippen LogP contribution in [-0.2, 0) is 9.59 Å². The molecule has 144 valence electrons. The average Bonchev–Trinajstić information content (AvgIpc) is 3.07. The van der Waals surface area contributed by atoms with Gasteiger partial charge in [0, 0.05) is 17.7 Å². The van der Waals surface area contributed by atoms with Crippen molar-refractivity contribution in [2.24, 2.45) is 5.10 Å². The lowest BCUT2D eigenvalue weighted by Gasteiger charge is -2.16. The van der Waals surface area contributed by atoms with Crippen molar-refractivity contribution in [2.75, 3.05) is 16.0 Å². The van der Waals surface area contributed by atoms with E-state index in [1.165, 1.54) is 40.9 Å². The summed E-state index contributed by atoms with van der Waals surface area (Å²) in [5, 5.41) is 16.4. The van der Waals surface area contributed by atoms with Crippen LogP contribution in [0.3, 0.4) is 0 Å². The summed E-state index contributed by atoms with van der Waals surface area (Å²) in [6, 6.07) is 12.6. The smallest absolute Gasteiger partial charge is 0.271 e. The quantitative estimate of drug-likeness (QED) is 0.670. The molecule has 3 N–H and O–H groups in total. The van der Waals surface area contributed by atoms with Crippen molar-refractivity contribution in [1.82, 2.24) is 5.43 Å². The molecular weight excluding hydrogens is 380 g/mol.